The molecule has 18 heavy (non-hydrogen) atoms. The molecule has 1 unspecified atom stereocenters. The number of halogens is 2. The third-order valence-electron chi connectivity index (χ3n) is 3.08. The van der Waals surface area contributed by atoms with Gasteiger partial charge in [-0.05, 0) is 43.0 Å². The Labute approximate surface area is 122 Å². The zero-order valence-electron chi connectivity index (χ0n) is 10.6. The molecule has 0 aliphatic rings. The second-order valence-electron chi connectivity index (χ2n) is 4.67. The van der Waals surface area contributed by atoms with Crippen LogP contribution in [0.2, 0.25) is 0 Å². The van der Waals surface area contributed by atoms with E-state index >= 15 is 0 Å². The maximum absolute atomic E-state index is 6.49. The van der Waals surface area contributed by atoms with E-state index in [0.717, 1.165) is 10.9 Å². The molecule has 0 spiro atoms. The van der Waals surface area contributed by atoms with Crippen molar-refractivity contribution in [2.45, 2.75) is 25.6 Å². The first-order valence-corrected chi connectivity index (χ1v) is 7.25. The predicted molar refractivity (Wildman–Crippen MR) is 82.4 cm³/mol. The van der Waals surface area contributed by atoms with E-state index in [1.54, 1.807) is 0 Å². The number of alkyl halides is 1. The summed E-state index contributed by atoms with van der Waals surface area (Å²) in [5.74, 6) is 0. The molecule has 2 aromatic rings. The first-order chi connectivity index (χ1) is 8.56. The van der Waals surface area contributed by atoms with Gasteiger partial charge in [-0.25, -0.2) is 0 Å². The van der Waals surface area contributed by atoms with Crippen molar-refractivity contribution in [1.82, 2.24) is 0 Å². The van der Waals surface area contributed by atoms with Crippen LogP contribution in [0.4, 0.5) is 0 Å². The van der Waals surface area contributed by atoms with Crippen molar-refractivity contribution < 1.29 is 0 Å². The highest BCUT2D eigenvalue weighted by Gasteiger charge is 2.10. The van der Waals surface area contributed by atoms with Crippen LogP contribution in [-0.4, -0.2) is 0 Å². The summed E-state index contributed by atoms with van der Waals surface area (Å²) in [6, 6.07) is 14.9. The fourth-order valence-corrected chi connectivity index (χ4v) is 2.47. The SMILES string of the molecule is Cc1ccc(CC(Cl)c2ccc(Br)c(C)c2)cc1. The van der Waals surface area contributed by atoms with Crippen molar-refractivity contribution in [1.29, 1.82) is 0 Å². The quantitative estimate of drug-likeness (QED) is 0.646. The Bertz CT molecular complexity index is 531. The summed E-state index contributed by atoms with van der Waals surface area (Å²) in [4.78, 5) is 0. The highest BCUT2D eigenvalue weighted by Crippen LogP contribution is 2.28. The molecule has 0 N–H and O–H groups in total. The van der Waals surface area contributed by atoms with Gasteiger partial charge in [-0.1, -0.05) is 57.9 Å². The zero-order valence-corrected chi connectivity index (χ0v) is 12.9. The predicted octanol–water partition coefficient (Wildman–Crippen LogP) is 5.59. The van der Waals surface area contributed by atoms with E-state index in [4.69, 9.17) is 11.6 Å². The van der Waals surface area contributed by atoms with E-state index in [2.05, 4.69) is 72.2 Å². The molecule has 0 bridgehead atoms. The van der Waals surface area contributed by atoms with E-state index in [-0.39, 0.29) is 5.38 Å². The van der Waals surface area contributed by atoms with Crippen LogP contribution in [0.15, 0.2) is 46.9 Å². The minimum atomic E-state index is 0.0273. The minimum absolute atomic E-state index is 0.0273. The zero-order chi connectivity index (χ0) is 13.1. The van der Waals surface area contributed by atoms with Crippen molar-refractivity contribution in [2.24, 2.45) is 0 Å². The van der Waals surface area contributed by atoms with E-state index in [1.165, 1.54) is 22.3 Å². The van der Waals surface area contributed by atoms with Crippen molar-refractivity contribution in [3.05, 3.63) is 69.2 Å². The molecule has 0 fully saturated rings. The molecule has 0 heterocycles. The normalized spacial score (nSPS) is 12.4. The molecular formula is C16H16BrCl. The van der Waals surface area contributed by atoms with Gasteiger partial charge >= 0.3 is 0 Å². The third-order valence-corrected chi connectivity index (χ3v) is 4.38. The summed E-state index contributed by atoms with van der Waals surface area (Å²) in [5.41, 5.74) is 4.96. The van der Waals surface area contributed by atoms with Gasteiger partial charge in [0.1, 0.15) is 0 Å². The summed E-state index contributed by atoms with van der Waals surface area (Å²) in [6.45, 7) is 4.18. The molecule has 0 saturated heterocycles. The maximum atomic E-state index is 6.49. The van der Waals surface area contributed by atoms with Gasteiger partial charge in [-0.2, -0.15) is 0 Å². The number of benzene rings is 2. The van der Waals surface area contributed by atoms with Gasteiger partial charge in [0.05, 0.1) is 5.38 Å². The molecule has 0 saturated carbocycles. The second kappa shape index (κ2) is 5.90. The molecule has 0 radical (unpaired) electrons. The Morgan fingerprint density at radius 2 is 1.72 bits per heavy atom. The van der Waals surface area contributed by atoms with Crippen LogP contribution >= 0.6 is 27.5 Å². The van der Waals surface area contributed by atoms with Crippen molar-refractivity contribution in [3.8, 4) is 0 Å². The molecule has 0 amide bonds. The van der Waals surface area contributed by atoms with Crippen LogP contribution < -0.4 is 0 Å². The number of hydrogen-bond acceptors (Lipinski definition) is 0. The van der Waals surface area contributed by atoms with Gasteiger partial charge in [0.15, 0.2) is 0 Å². The van der Waals surface area contributed by atoms with Gasteiger partial charge in [-0.3, -0.25) is 0 Å². The van der Waals surface area contributed by atoms with Gasteiger partial charge < -0.3 is 0 Å². The van der Waals surface area contributed by atoms with Crippen LogP contribution in [0.1, 0.15) is 27.6 Å². The molecule has 2 heteroatoms. The van der Waals surface area contributed by atoms with Crippen LogP contribution in [0.3, 0.4) is 0 Å². The summed E-state index contributed by atoms with van der Waals surface area (Å²) in [6.07, 6.45) is 0.864. The Morgan fingerprint density at radius 3 is 2.33 bits per heavy atom. The lowest BCUT2D eigenvalue weighted by Crippen LogP contribution is -1.96. The Balaban J connectivity index is 2.13. The summed E-state index contributed by atoms with van der Waals surface area (Å²) in [7, 11) is 0. The molecule has 0 aliphatic carbocycles. The van der Waals surface area contributed by atoms with Crippen LogP contribution in [0.5, 0.6) is 0 Å². The molecule has 2 aromatic carbocycles. The highest BCUT2D eigenvalue weighted by molar-refractivity contribution is 9.10. The standard InChI is InChI=1S/C16H16BrCl/c1-11-3-5-13(6-4-11)10-16(18)14-7-8-15(17)12(2)9-14/h3-9,16H,10H2,1-2H3. The Kier molecular flexibility index (Phi) is 4.47. The van der Waals surface area contributed by atoms with Gasteiger partial charge in [-0.15, -0.1) is 11.6 Å². The molecule has 1 atom stereocenters. The maximum Gasteiger partial charge on any atom is 0.0625 e. The Morgan fingerprint density at radius 1 is 1.06 bits per heavy atom. The molecule has 0 nitrogen and oxygen atoms in total. The minimum Gasteiger partial charge on any atom is -0.117 e. The largest absolute Gasteiger partial charge is 0.117 e. The summed E-state index contributed by atoms with van der Waals surface area (Å²) < 4.78 is 1.13. The highest BCUT2D eigenvalue weighted by atomic mass is 79.9. The first-order valence-electron chi connectivity index (χ1n) is 6.02. The molecule has 2 rings (SSSR count). The van der Waals surface area contributed by atoms with Crippen molar-refractivity contribution >= 4 is 27.5 Å². The van der Waals surface area contributed by atoms with E-state index < -0.39 is 0 Å². The van der Waals surface area contributed by atoms with Gasteiger partial charge in [0, 0.05) is 4.47 Å². The van der Waals surface area contributed by atoms with E-state index in [9.17, 15) is 0 Å². The number of hydrogen-bond donors (Lipinski definition) is 0. The molecule has 0 aromatic heterocycles. The number of aryl methyl sites for hydroxylation is 2. The average molecular weight is 324 g/mol. The average Bonchev–Trinajstić information content (AvgIpc) is 2.35. The fraction of sp³-hybridized carbons (Fsp3) is 0.250. The molecule has 0 aliphatic heterocycles. The topological polar surface area (TPSA) is 0 Å². The van der Waals surface area contributed by atoms with Gasteiger partial charge in [0.2, 0.25) is 0 Å². The fourth-order valence-electron chi connectivity index (χ4n) is 1.91. The molecule has 94 valence electrons. The van der Waals surface area contributed by atoms with Gasteiger partial charge in [0.25, 0.3) is 0 Å². The summed E-state index contributed by atoms with van der Waals surface area (Å²) >= 11 is 10.00. The van der Waals surface area contributed by atoms with Crippen LogP contribution in [0, 0.1) is 13.8 Å². The summed E-state index contributed by atoms with van der Waals surface area (Å²) in [5, 5.41) is 0.0273. The van der Waals surface area contributed by atoms with Crippen molar-refractivity contribution in [3.63, 3.8) is 0 Å². The smallest absolute Gasteiger partial charge is 0.0625 e. The third kappa shape index (κ3) is 3.37. The molecular weight excluding hydrogens is 308 g/mol. The van der Waals surface area contributed by atoms with Crippen molar-refractivity contribution in [2.75, 3.05) is 0 Å². The van der Waals surface area contributed by atoms with E-state index in [0.29, 0.717) is 0 Å². The Hall–Kier alpha value is -0.790. The van der Waals surface area contributed by atoms with E-state index in [1.807, 2.05) is 0 Å². The lowest BCUT2D eigenvalue weighted by Gasteiger charge is -2.11. The first kappa shape index (κ1) is 13.6. The van der Waals surface area contributed by atoms with Crippen LogP contribution in [0.25, 0.3) is 0 Å². The number of rotatable bonds is 3. The second-order valence-corrected chi connectivity index (χ2v) is 6.05. The monoisotopic (exact) mass is 322 g/mol. The lowest BCUT2D eigenvalue weighted by atomic mass is 10.0. The lowest BCUT2D eigenvalue weighted by molar-refractivity contribution is 0.917. The van der Waals surface area contributed by atoms with Crippen LogP contribution in [-0.2, 0) is 6.42 Å².